The number of hydrogen-bond acceptors (Lipinski definition) is 2. The maximum Gasteiger partial charge on any atom is 0.151 e. The third-order valence-corrected chi connectivity index (χ3v) is 2.97. The summed E-state index contributed by atoms with van der Waals surface area (Å²) in [5.41, 5.74) is 8.46. The molecule has 0 radical (unpaired) electrons. The Balaban J connectivity index is 2.54. The highest BCUT2D eigenvalue weighted by Crippen LogP contribution is 2.20. The summed E-state index contributed by atoms with van der Waals surface area (Å²) >= 11 is 0. The fraction of sp³-hybridized carbons (Fsp3) is 0.308. The Bertz CT molecular complexity index is 576. The van der Waals surface area contributed by atoms with Crippen LogP contribution in [0, 0.1) is 25.5 Å². The molecule has 2 N–H and O–H groups in total. The SMILES string of the molecule is Cc1nn(-c2ccc(F)cc2F)c(C)c1CCN. The molecule has 0 aliphatic heterocycles. The largest absolute Gasteiger partial charge is 0.330 e. The average molecular weight is 251 g/mol. The molecule has 2 aromatic rings. The van der Waals surface area contributed by atoms with Gasteiger partial charge in [-0.15, -0.1) is 0 Å². The molecule has 1 heterocycles. The fourth-order valence-electron chi connectivity index (χ4n) is 2.07. The summed E-state index contributed by atoms with van der Waals surface area (Å²) in [6.07, 6.45) is 0.695. The predicted molar refractivity (Wildman–Crippen MR) is 65.7 cm³/mol. The van der Waals surface area contributed by atoms with Gasteiger partial charge in [0.15, 0.2) is 5.82 Å². The van der Waals surface area contributed by atoms with Crippen LogP contribution in [0.3, 0.4) is 0 Å². The third-order valence-electron chi connectivity index (χ3n) is 2.97. The van der Waals surface area contributed by atoms with Crippen LogP contribution in [0.2, 0.25) is 0 Å². The zero-order valence-electron chi connectivity index (χ0n) is 10.4. The molecular formula is C13H15F2N3. The number of benzene rings is 1. The molecular weight excluding hydrogens is 236 g/mol. The standard InChI is InChI=1S/C13H15F2N3/c1-8-11(5-6-16)9(2)18(17-8)13-4-3-10(14)7-12(13)15/h3-4,7H,5-6,16H2,1-2H3. The van der Waals surface area contributed by atoms with Crippen molar-refractivity contribution in [2.75, 3.05) is 6.54 Å². The molecule has 3 nitrogen and oxygen atoms in total. The molecule has 1 aromatic heterocycles. The smallest absolute Gasteiger partial charge is 0.151 e. The van der Waals surface area contributed by atoms with Crippen LogP contribution in [0.15, 0.2) is 18.2 Å². The van der Waals surface area contributed by atoms with Gasteiger partial charge in [0.2, 0.25) is 0 Å². The van der Waals surface area contributed by atoms with Crippen molar-refractivity contribution in [2.45, 2.75) is 20.3 Å². The van der Waals surface area contributed by atoms with Crippen molar-refractivity contribution < 1.29 is 8.78 Å². The van der Waals surface area contributed by atoms with Crippen molar-refractivity contribution in [3.63, 3.8) is 0 Å². The molecule has 0 saturated carbocycles. The summed E-state index contributed by atoms with van der Waals surface area (Å²) in [5.74, 6) is -1.22. The molecule has 0 fully saturated rings. The molecule has 96 valence electrons. The van der Waals surface area contributed by atoms with Gasteiger partial charge in [0.05, 0.1) is 5.69 Å². The van der Waals surface area contributed by atoms with Gasteiger partial charge in [-0.25, -0.2) is 13.5 Å². The van der Waals surface area contributed by atoms with Crippen LogP contribution in [-0.2, 0) is 6.42 Å². The summed E-state index contributed by atoms with van der Waals surface area (Å²) < 4.78 is 28.1. The lowest BCUT2D eigenvalue weighted by atomic mass is 10.1. The molecule has 0 saturated heterocycles. The molecule has 18 heavy (non-hydrogen) atoms. The summed E-state index contributed by atoms with van der Waals surface area (Å²) in [6.45, 7) is 4.23. The second-order valence-corrected chi connectivity index (χ2v) is 4.20. The average Bonchev–Trinajstić information content (AvgIpc) is 2.58. The minimum atomic E-state index is -0.625. The van der Waals surface area contributed by atoms with Crippen molar-refractivity contribution in [1.29, 1.82) is 0 Å². The Morgan fingerprint density at radius 2 is 2.00 bits per heavy atom. The normalized spacial score (nSPS) is 10.9. The molecule has 1 aromatic carbocycles. The maximum absolute atomic E-state index is 13.7. The quantitative estimate of drug-likeness (QED) is 0.909. The van der Waals surface area contributed by atoms with Gasteiger partial charge in [-0.3, -0.25) is 0 Å². The Morgan fingerprint density at radius 3 is 2.61 bits per heavy atom. The van der Waals surface area contributed by atoms with Gasteiger partial charge in [0.1, 0.15) is 11.5 Å². The van der Waals surface area contributed by atoms with E-state index in [2.05, 4.69) is 5.10 Å². The van der Waals surface area contributed by atoms with Crippen LogP contribution in [-0.4, -0.2) is 16.3 Å². The first kappa shape index (κ1) is 12.7. The van der Waals surface area contributed by atoms with E-state index in [0.29, 0.717) is 13.0 Å². The topological polar surface area (TPSA) is 43.8 Å². The maximum atomic E-state index is 13.7. The molecule has 0 aliphatic rings. The predicted octanol–water partition coefficient (Wildman–Crippen LogP) is 2.27. The minimum absolute atomic E-state index is 0.250. The Hall–Kier alpha value is -1.75. The molecule has 0 bridgehead atoms. The van der Waals surface area contributed by atoms with Gasteiger partial charge in [-0.05, 0) is 44.5 Å². The van der Waals surface area contributed by atoms with Gasteiger partial charge in [0, 0.05) is 11.8 Å². The van der Waals surface area contributed by atoms with Gasteiger partial charge < -0.3 is 5.73 Å². The summed E-state index contributed by atoms with van der Waals surface area (Å²) in [5, 5.41) is 4.29. The number of nitrogens with two attached hydrogens (primary N) is 1. The van der Waals surface area contributed by atoms with Crippen molar-refractivity contribution in [3.05, 3.63) is 46.8 Å². The number of aryl methyl sites for hydroxylation is 1. The van der Waals surface area contributed by atoms with Crippen molar-refractivity contribution in [3.8, 4) is 5.69 Å². The Kier molecular flexibility index (Phi) is 3.43. The van der Waals surface area contributed by atoms with Crippen molar-refractivity contribution in [1.82, 2.24) is 9.78 Å². The van der Waals surface area contributed by atoms with Crippen LogP contribution in [0.5, 0.6) is 0 Å². The fourth-order valence-corrected chi connectivity index (χ4v) is 2.07. The second-order valence-electron chi connectivity index (χ2n) is 4.20. The molecule has 0 atom stereocenters. The van der Waals surface area contributed by atoms with Crippen LogP contribution in [0.4, 0.5) is 8.78 Å². The van der Waals surface area contributed by atoms with E-state index in [1.807, 2.05) is 13.8 Å². The third kappa shape index (κ3) is 2.13. The van der Waals surface area contributed by atoms with Crippen LogP contribution in [0.25, 0.3) is 5.69 Å². The molecule has 0 unspecified atom stereocenters. The van der Waals surface area contributed by atoms with E-state index in [1.54, 1.807) is 0 Å². The highest BCUT2D eigenvalue weighted by Gasteiger charge is 2.14. The lowest BCUT2D eigenvalue weighted by Crippen LogP contribution is -2.06. The number of hydrogen-bond donors (Lipinski definition) is 1. The lowest BCUT2D eigenvalue weighted by molar-refractivity contribution is 0.572. The van der Waals surface area contributed by atoms with E-state index in [1.165, 1.54) is 16.8 Å². The van der Waals surface area contributed by atoms with E-state index >= 15 is 0 Å². The van der Waals surface area contributed by atoms with Gasteiger partial charge in [-0.1, -0.05) is 0 Å². The van der Waals surface area contributed by atoms with E-state index in [4.69, 9.17) is 5.73 Å². The molecule has 0 aliphatic carbocycles. The molecule has 2 rings (SSSR count). The minimum Gasteiger partial charge on any atom is -0.330 e. The zero-order valence-corrected chi connectivity index (χ0v) is 10.4. The van der Waals surface area contributed by atoms with Gasteiger partial charge in [-0.2, -0.15) is 5.10 Å². The van der Waals surface area contributed by atoms with Crippen molar-refractivity contribution >= 4 is 0 Å². The Labute approximate surface area is 104 Å². The molecule has 0 spiro atoms. The lowest BCUT2D eigenvalue weighted by Gasteiger charge is -2.06. The second kappa shape index (κ2) is 4.86. The summed E-state index contributed by atoms with van der Waals surface area (Å²) in [4.78, 5) is 0. The van der Waals surface area contributed by atoms with E-state index < -0.39 is 11.6 Å². The van der Waals surface area contributed by atoms with Crippen LogP contribution in [0.1, 0.15) is 17.0 Å². The van der Waals surface area contributed by atoms with Crippen LogP contribution >= 0.6 is 0 Å². The first-order chi connectivity index (χ1) is 8.54. The van der Waals surface area contributed by atoms with Gasteiger partial charge in [0.25, 0.3) is 0 Å². The van der Waals surface area contributed by atoms with Crippen LogP contribution < -0.4 is 5.73 Å². The number of rotatable bonds is 3. The zero-order chi connectivity index (χ0) is 13.3. The van der Waals surface area contributed by atoms with E-state index in [9.17, 15) is 8.78 Å². The first-order valence-corrected chi connectivity index (χ1v) is 5.75. The molecule has 5 heteroatoms. The van der Waals surface area contributed by atoms with Gasteiger partial charge >= 0.3 is 0 Å². The highest BCUT2D eigenvalue weighted by atomic mass is 19.1. The summed E-state index contributed by atoms with van der Waals surface area (Å²) in [6, 6.07) is 3.46. The van der Waals surface area contributed by atoms with E-state index in [0.717, 1.165) is 23.0 Å². The number of nitrogens with zero attached hydrogens (tertiary/aromatic N) is 2. The monoisotopic (exact) mass is 251 g/mol. The van der Waals surface area contributed by atoms with E-state index in [-0.39, 0.29) is 5.69 Å². The number of aromatic nitrogens is 2. The highest BCUT2D eigenvalue weighted by molar-refractivity contribution is 5.38. The number of halogens is 2. The molecule has 0 amide bonds. The van der Waals surface area contributed by atoms with Crippen molar-refractivity contribution in [2.24, 2.45) is 5.73 Å². The first-order valence-electron chi connectivity index (χ1n) is 5.75. The summed E-state index contributed by atoms with van der Waals surface area (Å²) in [7, 11) is 0. The Morgan fingerprint density at radius 1 is 1.28 bits per heavy atom.